The molecule has 4 nitrogen and oxygen atoms in total. The highest BCUT2D eigenvalue weighted by molar-refractivity contribution is 6.05. The van der Waals surface area contributed by atoms with E-state index in [0.29, 0.717) is 12.0 Å². The number of fused-ring (bicyclic) bond motifs is 1. The molecule has 3 rings (SSSR count). The van der Waals surface area contributed by atoms with Gasteiger partial charge in [-0.15, -0.1) is 0 Å². The van der Waals surface area contributed by atoms with E-state index in [4.69, 9.17) is 0 Å². The number of nitrogens with one attached hydrogen (secondary N) is 2. The van der Waals surface area contributed by atoms with Crippen LogP contribution in [0.25, 0.3) is 10.9 Å². The number of benzene rings is 1. The van der Waals surface area contributed by atoms with Gasteiger partial charge < -0.3 is 15.2 Å². The lowest BCUT2D eigenvalue weighted by Gasteiger charge is -2.20. The third-order valence-corrected chi connectivity index (χ3v) is 4.43. The molecule has 1 fully saturated rings. The first-order valence-corrected chi connectivity index (χ1v) is 7.73. The van der Waals surface area contributed by atoms with Gasteiger partial charge in [-0.25, -0.2) is 0 Å². The zero-order chi connectivity index (χ0) is 14.8. The molecular weight excluding hydrogens is 262 g/mol. The maximum Gasteiger partial charge on any atom is 0.253 e. The van der Waals surface area contributed by atoms with Crippen molar-refractivity contribution in [1.29, 1.82) is 0 Å². The van der Waals surface area contributed by atoms with Gasteiger partial charge in [0.1, 0.15) is 0 Å². The van der Waals surface area contributed by atoms with Crippen molar-refractivity contribution >= 4 is 16.8 Å². The second-order valence-corrected chi connectivity index (χ2v) is 6.20. The van der Waals surface area contributed by atoms with E-state index in [-0.39, 0.29) is 5.91 Å². The fourth-order valence-corrected chi connectivity index (χ4v) is 3.10. The van der Waals surface area contributed by atoms with E-state index in [1.165, 1.54) is 6.42 Å². The van der Waals surface area contributed by atoms with Crippen molar-refractivity contribution < 1.29 is 4.79 Å². The van der Waals surface area contributed by atoms with Crippen LogP contribution in [0.1, 0.15) is 30.6 Å². The number of nitrogens with zero attached hydrogens (tertiary/aromatic N) is 1. The van der Waals surface area contributed by atoms with Gasteiger partial charge in [-0.1, -0.05) is 12.1 Å². The average molecular weight is 285 g/mol. The highest BCUT2D eigenvalue weighted by Gasteiger charge is 2.24. The SMILES string of the molecule is CC(C)N1CCC(CNC(=O)c2cccc3cc[nH]c23)C1. The third kappa shape index (κ3) is 2.95. The van der Waals surface area contributed by atoms with Crippen LogP contribution in [0.3, 0.4) is 0 Å². The van der Waals surface area contributed by atoms with Crippen LogP contribution in [0.15, 0.2) is 30.5 Å². The largest absolute Gasteiger partial charge is 0.361 e. The van der Waals surface area contributed by atoms with Gasteiger partial charge in [0.2, 0.25) is 0 Å². The first kappa shape index (κ1) is 14.1. The van der Waals surface area contributed by atoms with Gasteiger partial charge in [0.15, 0.2) is 0 Å². The summed E-state index contributed by atoms with van der Waals surface area (Å²) in [6, 6.07) is 8.41. The molecule has 1 aromatic carbocycles. The smallest absolute Gasteiger partial charge is 0.253 e. The molecule has 2 N–H and O–H groups in total. The molecule has 1 amide bonds. The van der Waals surface area contributed by atoms with Gasteiger partial charge in [-0.05, 0) is 44.9 Å². The second kappa shape index (κ2) is 5.90. The summed E-state index contributed by atoms with van der Waals surface area (Å²) in [5.41, 5.74) is 1.65. The van der Waals surface area contributed by atoms with Gasteiger partial charge >= 0.3 is 0 Å². The Balaban J connectivity index is 1.61. The molecule has 0 saturated carbocycles. The van der Waals surface area contributed by atoms with Gasteiger partial charge in [-0.2, -0.15) is 0 Å². The van der Waals surface area contributed by atoms with Crippen LogP contribution in [-0.2, 0) is 0 Å². The van der Waals surface area contributed by atoms with Crippen LogP contribution in [0.4, 0.5) is 0 Å². The summed E-state index contributed by atoms with van der Waals surface area (Å²) < 4.78 is 0. The summed E-state index contributed by atoms with van der Waals surface area (Å²) in [5.74, 6) is 0.588. The summed E-state index contributed by atoms with van der Waals surface area (Å²) in [7, 11) is 0. The maximum atomic E-state index is 12.4. The van der Waals surface area contributed by atoms with Crippen molar-refractivity contribution in [1.82, 2.24) is 15.2 Å². The molecule has 0 aliphatic carbocycles. The van der Waals surface area contributed by atoms with Gasteiger partial charge in [0.05, 0.1) is 11.1 Å². The molecule has 0 bridgehead atoms. The molecule has 2 heterocycles. The predicted octanol–water partition coefficient (Wildman–Crippen LogP) is 2.63. The highest BCUT2D eigenvalue weighted by Crippen LogP contribution is 2.19. The topological polar surface area (TPSA) is 48.1 Å². The Kier molecular flexibility index (Phi) is 3.97. The van der Waals surface area contributed by atoms with E-state index >= 15 is 0 Å². The maximum absolute atomic E-state index is 12.4. The molecule has 1 atom stereocenters. The molecule has 2 aromatic rings. The molecule has 0 radical (unpaired) electrons. The molecule has 1 aromatic heterocycles. The molecule has 1 saturated heterocycles. The zero-order valence-corrected chi connectivity index (χ0v) is 12.7. The van der Waals surface area contributed by atoms with Gasteiger partial charge in [-0.3, -0.25) is 4.79 Å². The van der Waals surface area contributed by atoms with Gasteiger partial charge in [0, 0.05) is 30.7 Å². The van der Waals surface area contributed by atoms with E-state index < -0.39 is 0 Å². The van der Waals surface area contributed by atoms with Crippen molar-refractivity contribution in [3.05, 3.63) is 36.0 Å². The zero-order valence-electron chi connectivity index (χ0n) is 12.7. The lowest BCUT2D eigenvalue weighted by Crippen LogP contribution is -2.33. The quantitative estimate of drug-likeness (QED) is 0.907. The predicted molar refractivity (Wildman–Crippen MR) is 85.4 cm³/mol. The number of hydrogen-bond donors (Lipinski definition) is 2. The Morgan fingerprint density at radius 1 is 1.43 bits per heavy atom. The standard InChI is InChI=1S/C17H23N3O/c1-12(2)20-9-7-13(11-20)10-19-17(21)15-5-3-4-14-6-8-18-16(14)15/h3-6,8,12-13,18H,7,9-11H2,1-2H3,(H,19,21). The minimum Gasteiger partial charge on any atom is -0.361 e. The first-order valence-electron chi connectivity index (χ1n) is 7.73. The van der Waals surface area contributed by atoms with E-state index in [9.17, 15) is 4.79 Å². The number of likely N-dealkylation sites (tertiary alicyclic amines) is 1. The Hall–Kier alpha value is -1.81. The molecule has 4 heteroatoms. The fraction of sp³-hybridized carbons (Fsp3) is 0.471. The summed E-state index contributed by atoms with van der Waals surface area (Å²) in [5, 5.41) is 4.17. The molecule has 1 unspecified atom stereocenters. The molecule has 1 aliphatic heterocycles. The van der Waals surface area contributed by atoms with Crippen molar-refractivity contribution in [3.8, 4) is 0 Å². The molecule has 1 aliphatic rings. The van der Waals surface area contributed by atoms with Crippen molar-refractivity contribution in [2.24, 2.45) is 5.92 Å². The van der Waals surface area contributed by atoms with E-state index in [2.05, 4.69) is 29.0 Å². The Morgan fingerprint density at radius 2 is 2.29 bits per heavy atom. The molecular formula is C17H23N3O. The highest BCUT2D eigenvalue weighted by atomic mass is 16.1. The summed E-state index contributed by atoms with van der Waals surface area (Å²) in [6.07, 6.45) is 3.05. The number of carbonyl (C=O) groups is 1. The van der Waals surface area contributed by atoms with Crippen LogP contribution < -0.4 is 5.32 Å². The van der Waals surface area contributed by atoms with E-state index in [1.54, 1.807) is 0 Å². The summed E-state index contributed by atoms with van der Waals surface area (Å²) in [6.45, 7) is 7.45. The average Bonchev–Trinajstić information content (AvgIpc) is 3.12. The monoisotopic (exact) mass is 285 g/mol. The number of carbonyl (C=O) groups excluding carboxylic acids is 1. The summed E-state index contributed by atoms with van der Waals surface area (Å²) in [4.78, 5) is 18.0. The number of H-pyrrole nitrogens is 1. The normalized spacial score (nSPS) is 19.5. The molecule has 0 spiro atoms. The number of hydrogen-bond acceptors (Lipinski definition) is 2. The lowest BCUT2D eigenvalue weighted by molar-refractivity contribution is 0.0948. The first-order chi connectivity index (χ1) is 10.1. The Bertz CT molecular complexity index is 632. The fourth-order valence-electron chi connectivity index (χ4n) is 3.10. The number of aromatic amines is 1. The number of aromatic nitrogens is 1. The third-order valence-electron chi connectivity index (χ3n) is 4.43. The number of rotatable bonds is 4. The van der Waals surface area contributed by atoms with Crippen molar-refractivity contribution in [3.63, 3.8) is 0 Å². The van der Waals surface area contributed by atoms with E-state index in [0.717, 1.165) is 36.1 Å². The molecule has 112 valence electrons. The summed E-state index contributed by atoms with van der Waals surface area (Å²) >= 11 is 0. The van der Waals surface area contributed by atoms with Gasteiger partial charge in [0.25, 0.3) is 5.91 Å². The van der Waals surface area contributed by atoms with Crippen LogP contribution in [0.5, 0.6) is 0 Å². The Labute approximate surface area is 125 Å². The van der Waals surface area contributed by atoms with E-state index in [1.807, 2.05) is 30.5 Å². The van der Waals surface area contributed by atoms with Crippen LogP contribution in [-0.4, -0.2) is 41.5 Å². The van der Waals surface area contributed by atoms with Crippen LogP contribution in [0.2, 0.25) is 0 Å². The Morgan fingerprint density at radius 3 is 3.05 bits per heavy atom. The lowest BCUT2D eigenvalue weighted by atomic mass is 10.1. The number of amides is 1. The van der Waals surface area contributed by atoms with Crippen molar-refractivity contribution in [2.75, 3.05) is 19.6 Å². The van der Waals surface area contributed by atoms with Crippen LogP contribution >= 0.6 is 0 Å². The van der Waals surface area contributed by atoms with Crippen molar-refractivity contribution in [2.45, 2.75) is 26.3 Å². The minimum absolute atomic E-state index is 0.0195. The molecule has 21 heavy (non-hydrogen) atoms. The number of para-hydroxylation sites is 1. The minimum atomic E-state index is 0.0195. The second-order valence-electron chi connectivity index (χ2n) is 6.20. The van der Waals surface area contributed by atoms with Crippen LogP contribution in [0, 0.1) is 5.92 Å².